The van der Waals surface area contributed by atoms with Crippen molar-refractivity contribution in [2.75, 3.05) is 20.1 Å². The van der Waals surface area contributed by atoms with Crippen LogP contribution in [0.5, 0.6) is 0 Å². The number of hydrogen-bond acceptors (Lipinski definition) is 2. The lowest BCUT2D eigenvalue weighted by molar-refractivity contribution is 0.321. The Morgan fingerprint density at radius 3 is 2.78 bits per heavy atom. The van der Waals surface area contributed by atoms with Gasteiger partial charge in [0.15, 0.2) is 0 Å². The molecule has 2 rings (SSSR count). The standard InChI is InChI=1S/C13H17BrF2N2/c1-18(9-2-3-9)7-6-17-8-10-12(15)5-4-11(14)13(10)16/h4-5,9,17H,2-3,6-8H2,1H3. The SMILES string of the molecule is CN(CCNCc1c(F)ccc(Br)c1F)C1CC1. The monoisotopic (exact) mass is 318 g/mol. The molecule has 0 saturated heterocycles. The Kier molecular flexibility index (Phi) is 4.70. The first-order chi connectivity index (χ1) is 8.59. The fourth-order valence-corrected chi connectivity index (χ4v) is 2.27. The summed E-state index contributed by atoms with van der Waals surface area (Å²) in [5.74, 6) is -1.02. The highest BCUT2D eigenvalue weighted by molar-refractivity contribution is 9.10. The van der Waals surface area contributed by atoms with Crippen LogP contribution in [0.4, 0.5) is 8.78 Å². The second-order valence-electron chi connectivity index (χ2n) is 4.71. The number of nitrogens with one attached hydrogen (secondary N) is 1. The maximum absolute atomic E-state index is 13.6. The van der Waals surface area contributed by atoms with E-state index in [1.165, 1.54) is 25.0 Å². The van der Waals surface area contributed by atoms with E-state index in [4.69, 9.17) is 0 Å². The Labute approximate surface area is 114 Å². The Morgan fingerprint density at radius 2 is 2.11 bits per heavy atom. The highest BCUT2D eigenvalue weighted by Gasteiger charge is 2.25. The molecule has 1 saturated carbocycles. The Balaban J connectivity index is 1.80. The van der Waals surface area contributed by atoms with Crippen molar-refractivity contribution in [1.29, 1.82) is 0 Å². The van der Waals surface area contributed by atoms with E-state index in [2.05, 4.69) is 33.2 Å². The Bertz CT molecular complexity index is 422. The highest BCUT2D eigenvalue weighted by atomic mass is 79.9. The molecule has 1 fully saturated rings. The molecular formula is C13H17BrF2N2. The maximum Gasteiger partial charge on any atom is 0.144 e. The second-order valence-corrected chi connectivity index (χ2v) is 5.56. The first-order valence-electron chi connectivity index (χ1n) is 6.13. The van der Waals surface area contributed by atoms with Gasteiger partial charge in [0, 0.05) is 31.2 Å². The summed E-state index contributed by atoms with van der Waals surface area (Å²) in [6.07, 6.45) is 2.54. The van der Waals surface area contributed by atoms with Gasteiger partial charge in [-0.05, 0) is 48.0 Å². The van der Waals surface area contributed by atoms with Gasteiger partial charge in [-0.3, -0.25) is 0 Å². The van der Waals surface area contributed by atoms with Crippen LogP contribution in [0, 0.1) is 11.6 Å². The van der Waals surface area contributed by atoms with Crippen LogP contribution < -0.4 is 5.32 Å². The lowest BCUT2D eigenvalue weighted by Gasteiger charge is -2.16. The molecule has 1 aromatic rings. The molecule has 0 aliphatic heterocycles. The molecule has 1 aliphatic rings. The Hall–Kier alpha value is -0.520. The van der Waals surface area contributed by atoms with Gasteiger partial charge in [-0.2, -0.15) is 0 Å². The van der Waals surface area contributed by atoms with Gasteiger partial charge in [-0.15, -0.1) is 0 Å². The lowest BCUT2D eigenvalue weighted by atomic mass is 10.2. The molecule has 0 heterocycles. The fraction of sp³-hybridized carbons (Fsp3) is 0.538. The van der Waals surface area contributed by atoms with Crippen LogP contribution in [0.2, 0.25) is 0 Å². The first kappa shape index (κ1) is 13.9. The minimum atomic E-state index is -0.516. The van der Waals surface area contributed by atoms with Crippen LogP contribution in [0.3, 0.4) is 0 Å². The van der Waals surface area contributed by atoms with E-state index in [0.717, 1.165) is 13.1 Å². The topological polar surface area (TPSA) is 15.3 Å². The molecule has 100 valence electrons. The third-order valence-electron chi connectivity index (χ3n) is 3.25. The molecule has 0 radical (unpaired) electrons. The number of likely N-dealkylation sites (N-methyl/N-ethyl adjacent to an activating group) is 1. The molecule has 0 amide bonds. The zero-order valence-electron chi connectivity index (χ0n) is 10.3. The maximum atomic E-state index is 13.6. The predicted molar refractivity (Wildman–Crippen MR) is 71.4 cm³/mol. The minimum absolute atomic E-state index is 0.0958. The molecule has 5 heteroatoms. The van der Waals surface area contributed by atoms with E-state index in [1.54, 1.807) is 0 Å². The van der Waals surface area contributed by atoms with E-state index >= 15 is 0 Å². The van der Waals surface area contributed by atoms with Crippen LogP contribution in [0.25, 0.3) is 0 Å². The highest BCUT2D eigenvalue weighted by Crippen LogP contribution is 2.24. The minimum Gasteiger partial charge on any atom is -0.311 e. The zero-order valence-corrected chi connectivity index (χ0v) is 11.9. The van der Waals surface area contributed by atoms with Gasteiger partial charge in [0.1, 0.15) is 11.6 Å². The molecule has 0 spiro atoms. The quantitative estimate of drug-likeness (QED) is 0.641. The normalized spacial score (nSPS) is 15.4. The lowest BCUT2D eigenvalue weighted by Crippen LogP contribution is -2.30. The van der Waals surface area contributed by atoms with Crippen LogP contribution in [-0.4, -0.2) is 31.1 Å². The summed E-state index contributed by atoms with van der Waals surface area (Å²) in [5, 5.41) is 3.08. The molecule has 0 bridgehead atoms. The van der Waals surface area contributed by atoms with Gasteiger partial charge < -0.3 is 10.2 Å². The van der Waals surface area contributed by atoms with Gasteiger partial charge in [0.2, 0.25) is 0 Å². The predicted octanol–water partition coefficient (Wildman–Crippen LogP) is 2.91. The average Bonchev–Trinajstić information content (AvgIpc) is 3.17. The smallest absolute Gasteiger partial charge is 0.144 e. The number of hydrogen-bond donors (Lipinski definition) is 1. The van der Waals surface area contributed by atoms with Crippen LogP contribution in [-0.2, 0) is 6.54 Å². The summed E-state index contributed by atoms with van der Waals surface area (Å²) in [4.78, 5) is 2.28. The molecule has 0 unspecified atom stereocenters. The van der Waals surface area contributed by atoms with E-state index < -0.39 is 11.6 Å². The van der Waals surface area contributed by atoms with Gasteiger partial charge in [0.05, 0.1) is 4.47 Å². The van der Waals surface area contributed by atoms with E-state index in [0.29, 0.717) is 10.5 Å². The fourth-order valence-electron chi connectivity index (χ4n) is 1.90. The van der Waals surface area contributed by atoms with E-state index in [9.17, 15) is 8.78 Å². The summed E-state index contributed by atoms with van der Waals surface area (Å²) in [5.41, 5.74) is 0.0958. The van der Waals surface area contributed by atoms with E-state index in [-0.39, 0.29) is 12.1 Å². The van der Waals surface area contributed by atoms with Crippen molar-refractivity contribution in [3.05, 3.63) is 33.8 Å². The third kappa shape index (κ3) is 3.49. The largest absolute Gasteiger partial charge is 0.311 e. The number of halogens is 3. The average molecular weight is 319 g/mol. The van der Waals surface area contributed by atoms with Crippen molar-refractivity contribution < 1.29 is 8.78 Å². The molecular weight excluding hydrogens is 302 g/mol. The van der Waals surface area contributed by atoms with Crippen LogP contribution in [0.1, 0.15) is 18.4 Å². The van der Waals surface area contributed by atoms with Crippen LogP contribution >= 0.6 is 15.9 Å². The molecule has 2 nitrogen and oxygen atoms in total. The van der Waals surface area contributed by atoms with Crippen molar-refractivity contribution in [1.82, 2.24) is 10.2 Å². The molecule has 1 N–H and O–H groups in total. The summed E-state index contributed by atoms with van der Waals surface area (Å²) in [6.45, 7) is 1.86. The van der Waals surface area contributed by atoms with Gasteiger partial charge in [-0.1, -0.05) is 0 Å². The van der Waals surface area contributed by atoms with Crippen molar-refractivity contribution in [3.63, 3.8) is 0 Å². The summed E-state index contributed by atoms with van der Waals surface area (Å²) < 4.78 is 27.4. The van der Waals surface area contributed by atoms with Gasteiger partial charge in [-0.25, -0.2) is 8.78 Å². The third-order valence-corrected chi connectivity index (χ3v) is 3.86. The Morgan fingerprint density at radius 1 is 1.39 bits per heavy atom. The van der Waals surface area contributed by atoms with Crippen molar-refractivity contribution in [3.8, 4) is 0 Å². The van der Waals surface area contributed by atoms with Crippen molar-refractivity contribution in [2.45, 2.75) is 25.4 Å². The number of benzene rings is 1. The van der Waals surface area contributed by atoms with Crippen molar-refractivity contribution >= 4 is 15.9 Å². The molecule has 18 heavy (non-hydrogen) atoms. The first-order valence-corrected chi connectivity index (χ1v) is 6.92. The zero-order chi connectivity index (χ0) is 13.1. The van der Waals surface area contributed by atoms with Crippen molar-refractivity contribution in [2.24, 2.45) is 0 Å². The van der Waals surface area contributed by atoms with Gasteiger partial charge >= 0.3 is 0 Å². The number of rotatable bonds is 6. The summed E-state index contributed by atoms with van der Waals surface area (Å²) >= 11 is 3.06. The second kappa shape index (κ2) is 6.08. The molecule has 0 atom stereocenters. The van der Waals surface area contributed by atoms with Gasteiger partial charge in [0.25, 0.3) is 0 Å². The number of nitrogens with zero attached hydrogens (tertiary/aromatic N) is 1. The van der Waals surface area contributed by atoms with E-state index in [1.807, 2.05) is 0 Å². The molecule has 1 aromatic carbocycles. The van der Waals surface area contributed by atoms with Crippen LogP contribution in [0.15, 0.2) is 16.6 Å². The molecule has 1 aliphatic carbocycles. The summed E-state index contributed by atoms with van der Waals surface area (Å²) in [7, 11) is 2.08. The summed E-state index contributed by atoms with van der Waals surface area (Å²) in [6, 6.07) is 3.38. The molecule has 0 aromatic heterocycles.